The van der Waals surface area contributed by atoms with E-state index in [9.17, 15) is 9.59 Å². The van der Waals surface area contributed by atoms with Crippen molar-refractivity contribution in [2.45, 2.75) is 50.5 Å². The van der Waals surface area contributed by atoms with Gasteiger partial charge in [-0.15, -0.1) is 0 Å². The van der Waals surface area contributed by atoms with Crippen LogP contribution in [0.4, 0.5) is 0 Å². The second kappa shape index (κ2) is 8.29. The first-order valence-corrected chi connectivity index (χ1v) is 10.6. The molecule has 1 aliphatic carbocycles. The highest BCUT2D eigenvalue weighted by Gasteiger charge is 2.40. The number of hydrogen-bond donors (Lipinski definition) is 0. The maximum absolute atomic E-state index is 12.8. The maximum atomic E-state index is 12.8. The number of carbonyl (C=O) groups excluding carboxylic acids is 2. The monoisotopic (exact) mass is 389 g/mol. The summed E-state index contributed by atoms with van der Waals surface area (Å²) in [7, 11) is 0. The fraction of sp³-hybridized carbons (Fsp3) is 0.619. The van der Waals surface area contributed by atoms with Crippen molar-refractivity contribution in [1.82, 2.24) is 14.7 Å². The van der Waals surface area contributed by atoms with Crippen LogP contribution in [0.5, 0.6) is 0 Å². The second-order valence-corrected chi connectivity index (χ2v) is 8.49. The summed E-state index contributed by atoms with van der Waals surface area (Å²) in [6.07, 6.45) is 7.01. The molecule has 4 rings (SSSR count). The van der Waals surface area contributed by atoms with Crippen molar-refractivity contribution in [1.29, 1.82) is 0 Å². The lowest BCUT2D eigenvalue weighted by molar-refractivity contribution is -0.141. The van der Waals surface area contributed by atoms with Gasteiger partial charge in [-0.1, -0.05) is 43.0 Å². The smallest absolute Gasteiger partial charge is 0.238 e. The minimum atomic E-state index is -0.363. The topological polar surface area (TPSA) is 43.9 Å². The summed E-state index contributed by atoms with van der Waals surface area (Å²) in [6.45, 7) is 4.38. The molecular formula is C21H28ClN3O2. The van der Waals surface area contributed by atoms with Gasteiger partial charge in [0.05, 0.1) is 12.6 Å². The molecular weight excluding hydrogens is 362 g/mol. The van der Waals surface area contributed by atoms with Crippen LogP contribution in [0.2, 0.25) is 5.02 Å². The number of imide groups is 1. The third kappa shape index (κ3) is 4.20. The predicted octanol–water partition coefficient (Wildman–Crippen LogP) is 3.09. The van der Waals surface area contributed by atoms with Crippen molar-refractivity contribution in [3.8, 4) is 0 Å². The van der Waals surface area contributed by atoms with E-state index in [0.717, 1.165) is 37.8 Å². The molecule has 2 aliphatic heterocycles. The van der Waals surface area contributed by atoms with Gasteiger partial charge in [0.15, 0.2) is 0 Å². The Hall–Kier alpha value is -1.43. The molecule has 5 nitrogen and oxygen atoms in total. The van der Waals surface area contributed by atoms with E-state index in [1.165, 1.54) is 37.0 Å². The van der Waals surface area contributed by atoms with Gasteiger partial charge in [-0.3, -0.25) is 24.3 Å². The van der Waals surface area contributed by atoms with Crippen molar-refractivity contribution in [2.24, 2.45) is 0 Å². The molecule has 146 valence electrons. The lowest BCUT2D eigenvalue weighted by atomic mass is 9.94. The Morgan fingerprint density at radius 1 is 0.926 bits per heavy atom. The molecule has 1 atom stereocenters. The molecule has 6 heteroatoms. The van der Waals surface area contributed by atoms with E-state index in [0.29, 0.717) is 11.7 Å². The van der Waals surface area contributed by atoms with Crippen molar-refractivity contribution in [2.75, 3.05) is 32.8 Å². The van der Waals surface area contributed by atoms with Crippen LogP contribution in [0, 0.1) is 0 Å². The standard InChI is InChI=1S/C21H28ClN3O2/c22-17-8-6-16(7-9-17)19-14-20(26)25(21(19)27)15-23-10-12-24(13-11-23)18-4-2-1-3-5-18/h6-9,18-19H,1-5,10-15H2. The van der Waals surface area contributed by atoms with Crippen LogP contribution >= 0.6 is 11.6 Å². The van der Waals surface area contributed by atoms with Gasteiger partial charge in [-0.25, -0.2) is 0 Å². The zero-order valence-electron chi connectivity index (χ0n) is 15.8. The highest BCUT2D eigenvalue weighted by Crippen LogP contribution is 2.31. The summed E-state index contributed by atoms with van der Waals surface area (Å²) in [5, 5.41) is 0.642. The van der Waals surface area contributed by atoms with E-state index >= 15 is 0 Å². The Kier molecular flexibility index (Phi) is 5.81. The molecule has 0 aromatic heterocycles. The summed E-state index contributed by atoms with van der Waals surface area (Å²) >= 11 is 5.94. The molecule has 0 spiro atoms. The third-order valence-corrected chi connectivity index (χ3v) is 6.61. The Labute approximate surface area is 166 Å². The van der Waals surface area contributed by atoms with Gasteiger partial charge >= 0.3 is 0 Å². The molecule has 3 aliphatic rings. The molecule has 1 unspecified atom stereocenters. The van der Waals surface area contributed by atoms with E-state index in [1.54, 1.807) is 12.1 Å². The van der Waals surface area contributed by atoms with Crippen LogP contribution in [0.1, 0.15) is 50.0 Å². The Morgan fingerprint density at radius 3 is 2.26 bits per heavy atom. The van der Waals surface area contributed by atoms with Gasteiger partial charge in [0.2, 0.25) is 11.8 Å². The molecule has 0 radical (unpaired) electrons. The van der Waals surface area contributed by atoms with Crippen molar-refractivity contribution in [3.63, 3.8) is 0 Å². The quantitative estimate of drug-likeness (QED) is 0.742. The van der Waals surface area contributed by atoms with Crippen LogP contribution in [0.15, 0.2) is 24.3 Å². The van der Waals surface area contributed by atoms with Gasteiger partial charge in [0.25, 0.3) is 0 Å². The van der Waals surface area contributed by atoms with E-state index in [4.69, 9.17) is 11.6 Å². The fourth-order valence-corrected chi connectivity index (χ4v) is 4.83. The van der Waals surface area contributed by atoms with E-state index in [1.807, 2.05) is 12.1 Å². The summed E-state index contributed by atoms with van der Waals surface area (Å²) < 4.78 is 0. The zero-order chi connectivity index (χ0) is 18.8. The Morgan fingerprint density at radius 2 is 1.59 bits per heavy atom. The third-order valence-electron chi connectivity index (χ3n) is 6.36. The number of hydrogen-bond acceptors (Lipinski definition) is 4. The number of carbonyl (C=O) groups is 2. The number of benzene rings is 1. The maximum Gasteiger partial charge on any atom is 0.238 e. The van der Waals surface area contributed by atoms with Gasteiger partial charge < -0.3 is 0 Å². The first kappa shape index (κ1) is 18.9. The number of piperazine rings is 1. The van der Waals surface area contributed by atoms with Crippen LogP contribution in [-0.4, -0.2) is 65.4 Å². The number of rotatable bonds is 4. The molecule has 0 bridgehead atoms. The van der Waals surface area contributed by atoms with Gasteiger partial charge in [-0.2, -0.15) is 0 Å². The first-order chi connectivity index (χ1) is 13.1. The number of nitrogens with zero attached hydrogens (tertiary/aromatic N) is 3. The zero-order valence-corrected chi connectivity index (χ0v) is 16.5. The number of halogens is 1. The van der Waals surface area contributed by atoms with Gasteiger partial charge in [0, 0.05) is 43.7 Å². The average molecular weight is 390 g/mol. The van der Waals surface area contributed by atoms with Crippen LogP contribution in [0.3, 0.4) is 0 Å². The van der Waals surface area contributed by atoms with Gasteiger partial charge in [-0.05, 0) is 30.5 Å². The summed E-state index contributed by atoms with van der Waals surface area (Å²) in [5.41, 5.74) is 0.877. The number of amides is 2. The molecule has 2 amide bonds. The summed E-state index contributed by atoms with van der Waals surface area (Å²) in [6, 6.07) is 8.00. The van der Waals surface area contributed by atoms with E-state index in [-0.39, 0.29) is 24.2 Å². The van der Waals surface area contributed by atoms with E-state index in [2.05, 4.69) is 9.80 Å². The summed E-state index contributed by atoms with van der Waals surface area (Å²) in [4.78, 5) is 31.6. The lowest BCUT2D eigenvalue weighted by Gasteiger charge is -2.41. The molecule has 1 aromatic rings. The SMILES string of the molecule is O=C1CC(c2ccc(Cl)cc2)C(=O)N1CN1CCN(C2CCCCC2)CC1. The van der Waals surface area contributed by atoms with E-state index < -0.39 is 0 Å². The average Bonchev–Trinajstić information content (AvgIpc) is 2.98. The highest BCUT2D eigenvalue weighted by atomic mass is 35.5. The number of likely N-dealkylation sites (tertiary alicyclic amines) is 1. The van der Waals surface area contributed by atoms with Crippen LogP contribution < -0.4 is 0 Å². The molecule has 1 saturated carbocycles. The lowest BCUT2D eigenvalue weighted by Crippen LogP contribution is -2.53. The minimum Gasteiger partial charge on any atom is -0.298 e. The molecule has 3 fully saturated rings. The van der Waals surface area contributed by atoms with Crippen LogP contribution in [-0.2, 0) is 9.59 Å². The molecule has 27 heavy (non-hydrogen) atoms. The Bertz CT molecular complexity index is 679. The van der Waals surface area contributed by atoms with Crippen molar-refractivity contribution in [3.05, 3.63) is 34.9 Å². The molecule has 2 saturated heterocycles. The minimum absolute atomic E-state index is 0.0605. The largest absolute Gasteiger partial charge is 0.298 e. The molecule has 1 aromatic carbocycles. The van der Waals surface area contributed by atoms with Crippen molar-refractivity contribution >= 4 is 23.4 Å². The fourth-order valence-electron chi connectivity index (χ4n) is 4.70. The Balaban J connectivity index is 1.32. The highest BCUT2D eigenvalue weighted by molar-refractivity contribution is 6.30. The van der Waals surface area contributed by atoms with Crippen molar-refractivity contribution < 1.29 is 9.59 Å². The van der Waals surface area contributed by atoms with Gasteiger partial charge in [0.1, 0.15) is 0 Å². The van der Waals surface area contributed by atoms with Crippen LogP contribution in [0.25, 0.3) is 0 Å². The second-order valence-electron chi connectivity index (χ2n) is 8.06. The first-order valence-electron chi connectivity index (χ1n) is 10.2. The normalized spacial score (nSPS) is 26.1. The predicted molar refractivity (Wildman–Crippen MR) is 106 cm³/mol. The summed E-state index contributed by atoms with van der Waals surface area (Å²) in [5.74, 6) is -0.495. The molecule has 2 heterocycles. The molecule has 0 N–H and O–H groups in total.